The minimum Gasteiger partial charge on any atom is -0.366 e. The van der Waals surface area contributed by atoms with E-state index in [-0.39, 0.29) is 11.2 Å². The summed E-state index contributed by atoms with van der Waals surface area (Å²) in [5, 5.41) is 4.18. The maximum atomic E-state index is 12.5. The molecule has 0 aliphatic heterocycles. The Labute approximate surface area is 155 Å². The number of primary amides is 1. The van der Waals surface area contributed by atoms with E-state index < -0.39 is 5.91 Å². The Morgan fingerprint density at radius 3 is 2.46 bits per heavy atom. The number of nitrogens with one attached hydrogen (secondary N) is 1. The van der Waals surface area contributed by atoms with Crippen molar-refractivity contribution in [3.8, 4) is 0 Å². The van der Waals surface area contributed by atoms with Crippen LogP contribution in [0.1, 0.15) is 23.1 Å². The average Bonchev–Trinajstić information content (AvgIpc) is 2.62. The first-order valence-electron chi connectivity index (χ1n) is 8.05. The van der Waals surface area contributed by atoms with Crippen LogP contribution in [-0.4, -0.2) is 27.0 Å². The van der Waals surface area contributed by atoms with Gasteiger partial charge in [0, 0.05) is 16.6 Å². The Hall–Kier alpha value is -2.93. The van der Waals surface area contributed by atoms with Gasteiger partial charge >= 0.3 is 0 Å². The molecular weight excluding hydrogens is 348 g/mol. The molecule has 1 aromatic heterocycles. The summed E-state index contributed by atoms with van der Waals surface area (Å²) >= 11 is 1.39. The fraction of sp³-hybridized carbons (Fsp3) is 0.158. The Morgan fingerprint density at radius 1 is 1.08 bits per heavy atom. The lowest BCUT2D eigenvalue weighted by molar-refractivity contribution is -0.115. The number of nitrogens with two attached hydrogens (primary N) is 1. The van der Waals surface area contributed by atoms with Crippen molar-refractivity contribution in [2.24, 2.45) is 5.73 Å². The highest BCUT2D eigenvalue weighted by Gasteiger charge is 2.17. The van der Waals surface area contributed by atoms with Gasteiger partial charge in [-0.15, -0.1) is 0 Å². The Kier molecular flexibility index (Phi) is 5.18. The largest absolute Gasteiger partial charge is 0.366 e. The minimum absolute atomic E-state index is 0.151. The van der Waals surface area contributed by atoms with Gasteiger partial charge in [0.15, 0.2) is 0 Å². The first kappa shape index (κ1) is 17.9. The van der Waals surface area contributed by atoms with E-state index in [1.165, 1.54) is 11.8 Å². The van der Waals surface area contributed by atoms with Crippen molar-refractivity contribution in [1.82, 2.24) is 9.97 Å². The molecule has 0 aliphatic rings. The normalized spacial score (nSPS) is 11.9. The average molecular weight is 366 g/mol. The van der Waals surface area contributed by atoms with Crippen LogP contribution < -0.4 is 11.1 Å². The molecule has 1 atom stereocenters. The number of carbonyl (C=O) groups is 2. The van der Waals surface area contributed by atoms with Crippen LogP contribution in [0.15, 0.2) is 53.6 Å². The summed E-state index contributed by atoms with van der Waals surface area (Å²) in [7, 11) is 0. The molecule has 3 N–H and O–H groups in total. The zero-order valence-corrected chi connectivity index (χ0v) is 15.2. The van der Waals surface area contributed by atoms with Crippen molar-refractivity contribution in [3.05, 3.63) is 59.9 Å². The van der Waals surface area contributed by atoms with Gasteiger partial charge in [-0.3, -0.25) is 9.59 Å². The first-order chi connectivity index (χ1) is 12.4. The second kappa shape index (κ2) is 7.53. The second-order valence-electron chi connectivity index (χ2n) is 5.78. The third-order valence-electron chi connectivity index (χ3n) is 3.77. The summed E-state index contributed by atoms with van der Waals surface area (Å²) in [4.78, 5) is 32.5. The second-order valence-corrected chi connectivity index (χ2v) is 7.11. The molecule has 6 nitrogen and oxygen atoms in total. The zero-order valence-electron chi connectivity index (χ0n) is 14.4. The maximum Gasteiger partial charge on any atom is 0.248 e. The van der Waals surface area contributed by atoms with Crippen LogP contribution in [0.25, 0.3) is 10.9 Å². The molecule has 3 rings (SSSR count). The molecule has 7 heteroatoms. The van der Waals surface area contributed by atoms with Crippen LogP contribution in [0.5, 0.6) is 0 Å². The third-order valence-corrected chi connectivity index (χ3v) is 4.88. The topological polar surface area (TPSA) is 98.0 Å². The number of benzene rings is 2. The standard InChI is InChI=1S/C19H18N4O2S/c1-11(18(25)23-14-9-7-13(8-10-14)17(20)24)26-19-15-5-3-4-6-16(15)21-12(2)22-19/h3-11H,1-2H3,(H2,20,24)(H,23,25). The number of carbonyl (C=O) groups excluding carboxylic acids is 2. The van der Waals surface area contributed by atoms with Crippen LogP contribution in [0.2, 0.25) is 0 Å². The van der Waals surface area contributed by atoms with E-state index >= 15 is 0 Å². The molecule has 2 aromatic carbocycles. The van der Waals surface area contributed by atoms with Crippen LogP contribution in [-0.2, 0) is 4.79 Å². The monoisotopic (exact) mass is 366 g/mol. The van der Waals surface area contributed by atoms with Crippen molar-refractivity contribution in [2.45, 2.75) is 24.1 Å². The number of anilines is 1. The zero-order chi connectivity index (χ0) is 18.7. The quantitative estimate of drug-likeness (QED) is 0.534. The molecule has 0 saturated heterocycles. The van der Waals surface area contributed by atoms with Crippen molar-refractivity contribution >= 4 is 40.2 Å². The molecule has 0 fully saturated rings. The number of rotatable bonds is 5. The van der Waals surface area contributed by atoms with Crippen LogP contribution in [0.4, 0.5) is 5.69 Å². The van der Waals surface area contributed by atoms with Crippen molar-refractivity contribution < 1.29 is 9.59 Å². The van der Waals surface area contributed by atoms with Gasteiger partial charge in [0.2, 0.25) is 11.8 Å². The van der Waals surface area contributed by atoms with E-state index in [4.69, 9.17) is 5.73 Å². The van der Waals surface area contributed by atoms with E-state index in [1.807, 2.05) is 38.1 Å². The Balaban J connectivity index is 1.74. The highest BCUT2D eigenvalue weighted by atomic mass is 32.2. The molecule has 132 valence electrons. The molecule has 2 amide bonds. The maximum absolute atomic E-state index is 12.5. The highest BCUT2D eigenvalue weighted by molar-refractivity contribution is 8.00. The van der Waals surface area contributed by atoms with Gasteiger partial charge in [-0.1, -0.05) is 30.0 Å². The van der Waals surface area contributed by atoms with E-state index in [2.05, 4.69) is 15.3 Å². The van der Waals surface area contributed by atoms with Gasteiger partial charge in [0.05, 0.1) is 10.8 Å². The fourth-order valence-corrected chi connectivity index (χ4v) is 3.42. The Bertz CT molecular complexity index is 973. The minimum atomic E-state index is -0.502. The summed E-state index contributed by atoms with van der Waals surface area (Å²) in [6, 6.07) is 14.2. The molecule has 3 aromatic rings. The number of hydrogen-bond donors (Lipinski definition) is 2. The van der Waals surface area contributed by atoms with Crippen LogP contribution in [0.3, 0.4) is 0 Å². The molecule has 0 spiro atoms. The van der Waals surface area contributed by atoms with Gasteiger partial charge in [-0.25, -0.2) is 9.97 Å². The SMILES string of the molecule is Cc1nc(SC(C)C(=O)Nc2ccc(C(N)=O)cc2)c2ccccc2n1. The number of hydrogen-bond acceptors (Lipinski definition) is 5. The van der Waals surface area contributed by atoms with Crippen molar-refractivity contribution in [2.75, 3.05) is 5.32 Å². The van der Waals surface area contributed by atoms with Gasteiger partial charge in [-0.2, -0.15) is 0 Å². The van der Waals surface area contributed by atoms with Gasteiger partial charge in [0.1, 0.15) is 10.9 Å². The molecular formula is C19H18N4O2S. The summed E-state index contributed by atoms with van der Waals surface area (Å²) in [6.45, 7) is 3.66. The summed E-state index contributed by atoms with van der Waals surface area (Å²) in [6.07, 6.45) is 0. The summed E-state index contributed by atoms with van der Waals surface area (Å²) in [5.74, 6) is 0.0147. The lowest BCUT2D eigenvalue weighted by atomic mass is 10.2. The molecule has 1 unspecified atom stereocenters. The lowest BCUT2D eigenvalue weighted by Crippen LogP contribution is -2.22. The van der Waals surface area contributed by atoms with E-state index in [9.17, 15) is 9.59 Å². The predicted molar refractivity (Wildman–Crippen MR) is 103 cm³/mol. The predicted octanol–water partition coefficient (Wildman–Crippen LogP) is 3.16. The fourth-order valence-electron chi connectivity index (χ4n) is 2.43. The number of aromatic nitrogens is 2. The van der Waals surface area contributed by atoms with Crippen molar-refractivity contribution in [1.29, 1.82) is 0 Å². The molecule has 1 heterocycles. The molecule has 0 aliphatic carbocycles. The highest BCUT2D eigenvalue weighted by Crippen LogP contribution is 2.29. The lowest BCUT2D eigenvalue weighted by Gasteiger charge is -2.13. The summed E-state index contributed by atoms with van der Waals surface area (Å²) in [5.41, 5.74) is 7.08. The number of nitrogens with zero attached hydrogens (tertiary/aromatic N) is 2. The Morgan fingerprint density at radius 2 is 1.77 bits per heavy atom. The van der Waals surface area contributed by atoms with E-state index in [0.29, 0.717) is 17.1 Å². The third kappa shape index (κ3) is 4.00. The molecule has 0 radical (unpaired) electrons. The number of aryl methyl sites for hydroxylation is 1. The number of fused-ring (bicyclic) bond motifs is 1. The van der Waals surface area contributed by atoms with Gasteiger partial charge in [0.25, 0.3) is 0 Å². The first-order valence-corrected chi connectivity index (χ1v) is 8.93. The van der Waals surface area contributed by atoms with E-state index in [0.717, 1.165) is 15.9 Å². The van der Waals surface area contributed by atoms with Gasteiger partial charge in [-0.05, 0) is 44.2 Å². The van der Waals surface area contributed by atoms with E-state index in [1.54, 1.807) is 24.3 Å². The number of para-hydroxylation sites is 1. The summed E-state index contributed by atoms with van der Waals surface area (Å²) < 4.78 is 0. The van der Waals surface area contributed by atoms with Crippen LogP contribution in [0, 0.1) is 6.92 Å². The molecule has 26 heavy (non-hydrogen) atoms. The molecule has 0 bridgehead atoms. The number of amides is 2. The van der Waals surface area contributed by atoms with Gasteiger partial charge < -0.3 is 11.1 Å². The smallest absolute Gasteiger partial charge is 0.248 e. The van der Waals surface area contributed by atoms with Crippen molar-refractivity contribution in [3.63, 3.8) is 0 Å². The van der Waals surface area contributed by atoms with Crippen LogP contribution >= 0.6 is 11.8 Å². The number of thioether (sulfide) groups is 1. The molecule has 0 saturated carbocycles.